The molecule has 0 saturated heterocycles. The van der Waals surface area contributed by atoms with E-state index in [1.54, 1.807) is 0 Å². The van der Waals surface area contributed by atoms with Gasteiger partial charge in [-0.2, -0.15) is 8.75 Å². The zero-order valence-corrected chi connectivity index (χ0v) is 7.94. The zero-order valence-electron chi connectivity index (χ0n) is 7.12. The third kappa shape index (κ3) is 3.06. The molecule has 1 aromatic rings. The van der Waals surface area contributed by atoms with Crippen molar-refractivity contribution in [3.8, 4) is 0 Å². The van der Waals surface area contributed by atoms with E-state index in [1.165, 1.54) is 12.5 Å². The summed E-state index contributed by atoms with van der Waals surface area (Å²) in [4.78, 5) is 3.10. The fourth-order valence-electron chi connectivity index (χ4n) is 0.715. The highest BCUT2D eigenvalue weighted by Gasteiger charge is 2.03. The maximum absolute atomic E-state index is 12.6. The van der Waals surface area contributed by atoms with Crippen LogP contribution in [0.3, 0.4) is 0 Å². The van der Waals surface area contributed by atoms with Crippen LogP contribution < -0.4 is 0 Å². The fourth-order valence-corrected chi connectivity index (χ4v) is 1.32. The molecule has 0 aliphatic rings. The molecule has 0 aliphatic heterocycles. The van der Waals surface area contributed by atoms with E-state index in [4.69, 9.17) is 0 Å². The van der Waals surface area contributed by atoms with Gasteiger partial charge in [-0.25, -0.2) is 13.6 Å². The summed E-state index contributed by atoms with van der Waals surface area (Å²) in [6.07, 6.45) is 3.83. The molecule has 0 N–H and O–H groups in total. The van der Waals surface area contributed by atoms with Crippen LogP contribution in [0.4, 0.5) is 14.5 Å². The molecule has 13 heavy (non-hydrogen) atoms. The van der Waals surface area contributed by atoms with Crippen molar-refractivity contribution in [1.82, 2.24) is 4.98 Å². The lowest BCUT2D eigenvalue weighted by atomic mass is 10.4. The van der Waals surface area contributed by atoms with E-state index in [9.17, 15) is 13.0 Å². The van der Waals surface area contributed by atoms with Crippen molar-refractivity contribution in [1.29, 1.82) is 0 Å². The monoisotopic (exact) mass is 206 g/mol. The summed E-state index contributed by atoms with van der Waals surface area (Å²) in [5, 5.41) is 0. The normalized spacial score (nSPS) is 11.4. The van der Waals surface area contributed by atoms with Crippen LogP contribution in [0.2, 0.25) is 0 Å². The van der Waals surface area contributed by atoms with Crippen molar-refractivity contribution < 1.29 is 13.0 Å². The molecule has 1 heterocycles. The average molecular weight is 206 g/mol. The quantitative estimate of drug-likeness (QED) is 0.656. The Hall–Kier alpha value is -1.04. The highest BCUT2D eigenvalue weighted by Crippen LogP contribution is 2.14. The standard InChI is InChI=1S/C7H8F2N2OS/c1-13(2,12)11-5-3-6(8)7(9)10-4-5/h3-4H,1-2H3. The second kappa shape index (κ2) is 3.37. The number of hydrogen-bond acceptors (Lipinski definition) is 3. The minimum Gasteiger partial charge on any atom is -0.250 e. The van der Waals surface area contributed by atoms with E-state index in [0.29, 0.717) is 0 Å². The van der Waals surface area contributed by atoms with E-state index in [2.05, 4.69) is 9.35 Å². The molecule has 1 rings (SSSR count). The van der Waals surface area contributed by atoms with Gasteiger partial charge in [0.15, 0.2) is 5.82 Å². The summed E-state index contributed by atoms with van der Waals surface area (Å²) in [5.41, 5.74) is 0.0777. The zero-order chi connectivity index (χ0) is 10.1. The number of nitrogens with zero attached hydrogens (tertiary/aromatic N) is 2. The van der Waals surface area contributed by atoms with Crippen LogP contribution in [-0.2, 0) is 9.73 Å². The molecule has 72 valence electrons. The summed E-state index contributed by atoms with van der Waals surface area (Å²) < 4.78 is 39.7. The molecule has 0 amide bonds. The first-order valence-corrected chi connectivity index (χ1v) is 5.70. The van der Waals surface area contributed by atoms with Gasteiger partial charge in [0, 0.05) is 28.3 Å². The van der Waals surface area contributed by atoms with Gasteiger partial charge in [-0.3, -0.25) is 0 Å². The number of aromatic nitrogens is 1. The average Bonchev–Trinajstić information content (AvgIpc) is 1.94. The van der Waals surface area contributed by atoms with Gasteiger partial charge in [-0.05, 0) is 0 Å². The van der Waals surface area contributed by atoms with E-state index < -0.39 is 21.5 Å². The Morgan fingerprint density at radius 3 is 2.54 bits per heavy atom. The van der Waals surface area contributed by atoms with Crippen molar-refractivity contribution in [3.05, 3.63) is 24.0 Å². The topological polar surface area (TPSA) is 42.3 Å². The van der Waals surface area contributed by atoms with Crippen molar-refractivity contribution in [3.63, 3.8) is 0 Å². The molecular weight excluding hydrogens is 198 g/mol. The predicted octanol–water partition coefficient (Wildman–Crippen LogP) is 1.72. The van der Waals surface area contributed by atoms with Gasteiger partial charge in [0.2, 0.25) is 5.95 Å². The Morgan fingerprint density at radius 1 is 1.46 bits per heavy atom. The maximum Gasteiger partial charge on any atom is 0.249 e. The van der Waals surface area contributed by atoms with Crippen LogP contribution in [0.15, 0.2) is 16.6 Å². The van der Waals surface area contributed by atoms with Gasteiger partial charge in [0.1, 0.15) is 0 Å². The molecule has 0 unspecified atom stereocenters. The van der Waals surface area contributed by atoms with Gasteiger partial charge in [-0.15, -0.1) is 0 Å². The molecule has 6 heteroatoms. The third-order valence-corrected chi connectivity index (χ3v) is 1.76. The van der Waals surface area contributed by atoms with Crippen LogP contribution in [-0.4, -0.2) is 21.7 Å². The van der Waals surface area contributed by atoms with Gasteiger partial charge < -0.3 is 0 Å². The smallest absolute Gasteiger partial charge is 0.249 e. The third-order valence-electron chi connectivity index (χ3n) is 1.11. The van der Waals surface area contributed by atoms with E-state index in [-0.39, 0.29) is 5.69 Å². The Morgan fingerprint density at radius 2 is 2.08 bits per heavy atom. The molecule has 0 spiro atoms. The van der Waals surface area contributed by atoms with Crippen molar-refractivity contribution >= 4 is 15.4 Å². The van der Waals surface area contributed by atoms with Crippen molar-refractivity contribution in [2.24, 2.45) is 4.36 Å². The van der Waals surface area contributed by atoms with Crippen LogP contribution in [0, 0.1) is 11.8 Å². The van der Waals surface area contributed by atoms with Crippen molar-refractivity contribution in [2.45, 2.75) is 0 Å². The summed E-state index contributed by atoms with van der Waals surface area (Å²) in [6.45, 7) is 0. The first-order chi connectivity index (χ1) is 5.88. The predicted molar refractivity (Wildman–Crippen MR) is 46.2 cm³/mol. The Kier molecular flexibility index (Phi) is 2.60. The molecule has 0 atom stereocenters. The minimum atomic E-state index is -2.36. The molecule has 0 fully saturated rings. The Balaban J connectivity index is 3.21. The molecule has 3 nitrogen and oxygen atoms in total. The first-order valence-electron chi connectivity index (χ1n) is 3.37. The van der Waals surface area contributed by atoms with Crippen LogP contribution >= 0.6 is 0 Å². The van der Waals surface area contributed by atoms with Crippen LogP contribution in [0.25, 0.3) is 0 Å². The fraction of sp³-hybridized carbons (Fsp3) is 0.286. The second-order valence-electron chi connectivity index (χ2n) is 2.74. The molecule has 0 saturated carbocycles. The number of rotatable bonds is 1. The summed E-state index contributed by atoms with van der Waals surface area (Å²) >= 11 is 0. The van der Waals surface area contributed by atoms with Gasteiger partial charge >= 0.3 is 0 Å². The van der Waals surface area contributed by atoms with Gasteiger partial charge in [-0.1, -0.05) is 0 Å². The van der Waals surface area contributed by atoms with E-state index >= 15 is 0 Å². The second-order valence-corrected chi connectivity index (χ2v) is 5.28. The Bertz CT molecular complexity index is 430. The van der Waals surface area contributed by atoms with Gasteiger partial charge in [0.25, 0.3) is 0 Å². The summed E-state index contributed by atoms with van der Waals surface area (Å²) in [6, 6.07) is 0.856. The summed E-state index contributed by atoms with van der Waals surface area (Å²) in [5.74, 6) is -2.28. The lowest BCUT2D eigenvalue weighted by Crippen LogP contribution is -1.91. The highest BCUT2D eigenvalue weighted by molar-refractivity contribution is 7.92. The van der Waals surface area contributed by atoms with Crippen LogP contribution in [0.1, 0.15) is 0 Å². The number of pyridine rings is 1. The first kappa shape index (κ1) is 10.0. The molecule has 0 radical (unpaired) electrons. The molecule has 0 aromatic carbocycles. The SMILES string of the molecule is CS(C)(=O)=Nc1cnc(F)c(F)c1. The number of halogens is 2. The number of hydrogen-bond donors (Lipinski definition) is 0. The minimum absolute atomic E-state index is 0.0777. The van der Waals surface area contributed by atoms with Gasteiger partial charge in [0.05, 0.1) is 11.9 Å². The molecule has 0 bridgehead atoms. The lowest BCUT2D eigenvalue weighted by molar-refractivity contribution is 0.480. The largest absolute Gasteiger partial charge is 0.250 e. The van der Waals surface area contributed by atoms with E-state index in [1.807, 2.05) is 0 Å². The van der Waals surface area contributed by atoms with Crippen LogP contribution in [0.5, 0.6) is 0 Å². The summed E-state index contributed by atoms with van der Waals surface area (Å²) in [7, 11) is -2.36. The maximum atomic E-state index is 12.6. The molecule has 0 aliphatic carbocycles. The van der Waals surface area contributed by atoms with Crippen molar-refractivity contribution in [2.75, 3.05) is 12.5 Å². The molecular formula is C7H8F2N2OS. The van der Waals surface area contributed by atoms with E-state index in [0.717, 1.165) is 12.3 Å². The Labute approximate surface area is 75.0 Å². The lowest BCUT2D eigenvalue weighted by Gasteiger charge is -1.96. The highest BCUT2D eigenvalue weighted by atomic mass is 32.2. The molecule has 1 aromatic heterocycles.